The maximum atomic E-state index is 13.0. The van der Waals surface area contributed by atoms with Crippen LogP contribution in [0.25, 0.3) is 0 Å². The van der Waals surface area contributed by atoms with Crippen molar-refractivity contribution in [3.63, 3.8) is 0 Å². The summed E-state index contributed by atoms with van der Waals surface area (Å²) in [7, 11) is 1.29. The maximum Gasteiger partial charge on any atom is 0.410 e. The average Bonchev–Trinajstić information content (AvgIpc) is 3.29. The predicted molar refractivity (Wildman–Crippen MR) is 115 cm³/mol. The van der Waals surface area contributed by atoms with E-state index in [4.69, 9.17) is 9.47 Å². The number of carbonyl (C=O) groups excluding carboxylic acids is 3. The molecule has 0 unspecified atom stereocenters. The summed E-state index contributed by atoms with van der Waals surface area (Å²) in [5.74, 6) is -0.897. The zero-order valence-electron chi connectivity index (χ0n) is 17.9. The Morgan fingerprint density at radius 3 is 2.52 bits per heavy atom. The molecule has 1 N–H and O–H groups in total. The molecule has 7 nitrogen and oxygen atoms in total. The molecule has 2 atom stereocenters. The molecule has 3 rings (SSSR count). The zero-order chi connectivity index (χ0) is 22.2. The molecule has 1 aliphatic rings. The first kappa shape index (κ1) is 22.3. The number of benzene rings is 2. The van der Waals surface area contributed by atoms with Crippen LogP contribution in [0.3, 0.4) is 0 Å². The van der Waals surface area contributed by atoms with Crippen LogP contribution >= 0.6 is 0 Å². The van der Waals surface area contributed by atoms with Gasteiger partial charge in [-0.2, -0.15) is 0 Å². The Labute approximate surface area is 182 Å². The summed E-state index contributed by atoms with van der Waals surface area (Å²) in [5.41, 5.74) is 2.85. The van der Waals surface area contributed by atoms with E-state index in [-0.39, 0.29) is 12.5 Å². The van der Waals surface area contributed by atoms with Gasteiger partial charge in [0.1, 0.15) is 18.7 Å². The Hall–Kier alpha value is -3.35. The Balaban J connectivity index is 1.63. The second kappa shape index (κ2) is 10.6. The Bertz CT molecular complexity index is 915. The monoisotopic (exact) mass is 424 g/mol. The first-order valence-electron chi connectivity index (χ1n) is 10.4. The van der Waals surface area contributed by atoms with E-state index in [0.717, 1.165) is 16.7 Å². The molecule has 31 heavy (non-hydrogen) atoms. The number of hydrogen-bond acceptors (Lipinski definition) is 5. The van der Waals surface area contributed by atoms with Gasteiger partial charge in [0.05, 0.1) is 7.11 Å². The maximum absolute atomic E-state index is 13.0. The number of carbonyl (C=O) groups is 3. The van der Waals surface area contributed by atoms with E-state index in [1.807, 2.05) is 61.5 Å². The quantitative estimate of drug-likeness (QED) is 0.691. The van der Waals surface area contributed by atoms with Crippen molar-refractivity contribution in [2.75, 3.05) is 13.7 Å². The van der Waals surface area contributed by atoms with Gasteiger partial charge in [-0.25, -0.2) is 9.59 Å². The molecule has 7 heteroatoms. The highest BCUT2D eigenvalue weighted by molar-refractivity contribution is 5.90. The van der Waals surface area contributed by atoms with E-state index in [2.05, 4.69) is 5.32 Å². The summed E-state index contributed by atoms with van der Waals surface area (Å²) >= 11 is 0. The highest BCUT2D eigenvalue weighted by Gasteiger charge is 2.37. The van der Waals surface area contributed by atoms with E-state index < -0.39 is 24.1 Å². The van der Waals surface area contributed by atoms with Gasteiger partial charge in [0.15, 0.2) is 0 Å². The summed E-state index contributed by atoms with van der Waals surface area (Å²) in [6.45, 7) is 2.53. The van der Waals surface area contributed by atoms with E-state index in [0.29, 0.717) is 25.8 Å². The molecule has 0 radical (unpaired) electrons. The summed E-state index contributed by atoms with van der Waals surface area (Å²) in [6, 6.07) is 15.5. The molecule has 164 valence electrons. The highest BCUT2D eigenvalue weighted by Crippen LogP contribution is 2.20. The second-order valence-electron chi connectivity index (χ2n) is 7.61. The molecule has 0 saturated carbocycles. The molecule has 1 heterocycles. The molecular formula is C24H28N2O5. The van der Waals surface area contributed by atoms with Crippen LogP contribution in [0, 0.1) is 6.92 Å². The fraction of sp³-hybridized carbons (Fsp3) is 0.375. The molecular weight excluding hydrogens is 396 g/mol. The number of aryl methyl sites for hydroxylation is 1. The minimum atomic E-state index is -0.832. The standard InChI is InChI=1S/C24H28N2O5/c1-17-9-6-7-12-19(17)15-20(23(28)30-2)25-22(27)21-13-8-14-26(21)24(29)31-16-18-10-4-3-5-11-18/h3-7,9-12,20-21H,8,13-16H2,1-2H3,(H,25,27)/t20-,21-/m1/s1. The van der Waals surface area contributed by atoms with Crippen LogP contribution in [0.4, 0.5) is 4.79 Å². The highest BCUT2D eigenvalue weighted by atomic mass is 16.6. The van der Waals surface area contributed by atoms with E-state index >= 15 is 0 Å². The lowest BCUT2D eigenvalue weighted by Gasteiger charge is -2.25. The predicted octanol–water partition coefficient (Wildman–Crippen LogP) is 3.00. The Morgan fingerprint density at radius 1 is 1.10 bits per heavy atom. The Morgan fingerprint density at radius 2 is 1.81 bits per heavy atom. The molecule has 1 aliphatic heterocycles. The number of rotatable bonds is 7. The zero-order valence-corrected chi connectivity index (χ0v) is 17.9. The minimum Gasteiger partial charge on any atom is -0.467 e. The number of amides is 2. The van der Waals surface area contributed by atoms with Crippen molar-refractivity contribution in [2.24, 2.45) is 0 Å². The number of hydrogen-bond donors (Lipinski definition) is 1. The van der Waals surface area contributed by atoms with Gasteiger partial charge < -0.3 is 14.8 Å². The van der Waals surface area contributed by atoms with Crippen molar-refractivity contribution in [3.05, 3.63) is 71.3 Å². The Kier molecular flexibility index (Phi) is 7.65. The van der Waals surface area contributed by atoms with Gasteiger partial charge in [0, 0.05) is 13.0 Å². The van der Waals surface area contributed by atoms with Crippen LogP contribution in [0.5, 0.6) is 0 Å². The van der Waals surface area contributed by atoms with Gasteiger partial charge >= 0.3 is 12.1 Å². The molecule has 0 aromatic heterocycles. The summed E-state index contributed by atoms with van der Waals surface area (Å²) in [6.07, 6.45) is 0.995. The fourth-order valence-corrected chi connectivity index (χ4v) is 3.72. The molecule has 2 aromatic rings. The van der Waals surface area contributed by atoms with Gasteiger partial charge in [-0.1, -0.05) is 54.6 Å². The summed E-state index contributed by atoms with van der Waals surface area (Å²) in [5, 5.41) is 2.78. The SMILES string of the molecule is COC(=O)[C@@H](Cc1ccccc1C)NC(=O)[C@H]1CCCN1C(=O)OCc1ccccc1. The molecule has 0 spiro atoms. The van der Waals surface area contributed by atoms with Crippen LogP contribution in [0.1, 0.15) is 29.5 Å². The minimum absolute atomic E-state index is 0.141. The number of likely N-dealkylation sites (tertiary alicyclic amines) is 1. The van der Waals surface area contributed by atoms with Crippen molar-refractivity contribution < 1.29 is 23.9 Å². The molecule has 0 bridgehead atoms. The largest absolute Gasteiger partial charge is 0.467 e. The van der Waals surface area contributed by atoms with E-state index in [1.54, 1.807) is 0 Å². The van der Waals surface area contributed by atoms with E-state index in [9.17, 15) is 14.4 Å². The number of nitrogens with one attached hydrogen (secondary N) is 1. The van der Waals surface area contributed by atoms with Gasteiger partial charge in [-0.05, 0) is 36.5 Å². The number of nitrogens with zero attached hydrogens (tertiary/aromatic N) is 1. The van der Waals surface area contributed by atoms with Gasteiger partial charge in [0.25, 0.3) is 0 Å². The van der Waals surface area contributed by atoms with E-state index in [1.165, 1.54) is 12.0 Å². The number of esters is 1. The van der Waals surface area contributed by atoms with Crippen molar-refractivity contribution in [1.29, 1.82) is 0 Å². The van der Waals surface area contributed by atoms with Crippen LogP contribution in [0.2, 0.25) is 0 Å². The summed E-state index contributed by atoms with van der Waals surface area (Å²) in [4.78, 5) is 39.3. The smallest absolute Gasteiger partial charge is 0.410 e. The lowest BCUT2D eigenvalue weighted by molar-refractivity contribution is -0.145. The first-order chi connectivity index (χ1) is 15.0. The van der Waals surface area contributed by atoms with Gasteiger partial charge in [-0.15, -0.1) is 0 Å². The third-order valence-corrected chi connectivity index (χ3v) is 5.48. The lowest BCUT2D eigenvalue weighted by Crippen LogP contribution is -2.51. The molecule has 0 aliphatic carbocycles. The summed E-state index contributed by atoms with van der Waals surface area (Å²) < 4.78 is 10.3. The number of methoxy groups -OCH3 is 1. The topological polar surface area (TPSA) is 84.9 Å². The van der Waals surface area contributed by atoms with Crippen molar-refractivity contribution in [3.8, 4) is 0 Å². The van der Waals surface area contributed by atoms with Crippen LogP contribution in [-0.4, -0.2) is 48.6 Å². The van der Waals surface area contributed by atoms with Crippen LogP contribution in [-0.2, 0) is 32.1 Å². The van der Waals surface area contributed by atoms with Gasteiger partial charge in [0.2, 0.25) is 5.91 Å². The third kappa shape index (κ3) is 5.84. The van der Waals surface area contributed by atoms with Crippen LogP contribution in [0.15, 0.2) is 54.6 Å². The van der Waals surface area contributed by atoms with Crippen molar-refractivity contribution in [2.45, 2.75) is 44.9 Å². The lowest BCUT2D eigenvalue weighted by atomic mass is 10.0. The molecule has 2 aromatic carbocycles. The first-order valence-corrected chi connectivity index (χ1v) is 10.4. The second-order valence-corrected chi connectivity index (χ2v) is 7.61. The third-order valence-electron chi connectivity index (χ3n) is 5.48. The molecule has 1 fully saturated rings. The average molecular weight is 424 g/mol. The van der Waals surface area contributed by atoms with Crippen molar-refractivity contribution in [1.82, 2.24) is 10.2 Å². The molecule has 1 saturated heterocycles. The number of ether oxygens (including phenoxy) is 2. The molecule has 2 amide bonds. The van der Waals surface area contributed by atoms with Crippen LogP contribution < -0.4 is 5.32 Å². The van der Waals surface area contributed by atoms with Gasteiger partial charge in [-0.3, -0.25) is 9.69 Å². The van der Waals surface area contributed by atoms with Crippen molar-refractivity contribution >= 4 is 18.0 Å². The fourth-order valence-electron chi connectivity index (χ4n) is 3.72. The normalized spacial score (nSPS) is 16.5.